The molecule has 1 amide bonds. The van der Waals surface area contributed by atoms with Crippen LogP contribution in [0.15, 0.2) is 48.5 Å². The third kappa shape index (κ3) is 5.16. The highest BCUT2D eigenvalue weighted by Crippen LogP contribution is 2.46. The standard InChI is InChI=1S/C29H31ClN4O5/c1-18-16-26(32-28(31-18)38-3)33-14-12-20(13-15-33)34(2,27(35)22-6-4-5-7-24(22)30)25-11-9-19-8-10-21(17-23(19)25)39-29(36)37/h4-8,10,16-17,20,25H,9,11-15H2,1-3H3/p+1/t25-,34?/m1/s1. The van der Waals surface area contributed by atoms with Crippen molar-refractivity contribution in [2.75, 3.05) is 32.1 Å². The molecular formula is C29H32ClN4O5+. The van der Waals surface area contributed by atoms with Gasteiger partial charge < -0.3 is 19.5 Å². The molecule has 0 bridgehead atoms. The van der Waals surface area contributed by atoms with Crippen molar-refractivity contribution < 1.29 is 28.7 Å². The van der Waals surface area contributed by atoms with Crippen molar-refractivity contribution in [1.29, 1.82) is 0 Å². The summed E-state index contributed by atoms with van der Waals surface area (Å²) < 4.78 is 10.4. The minimum atomic E-state index is -1.36. The number of carboxylic acid groups (broad SMARTS) is 1. The first-order valence-electron chi connectivity index (χ1n) is 13.0. The van der Waals surface area contributed by atoms with E-state index < -0.39 is 6.16 Å². The van der Waals surface area contributed by atoms with Gasteiger partial charge in [0.15, 0.2) is 0 Å². The topological polar surface area (TPSA) is 102 Å². The Morgan fingerprint density at radius 1 is 1.08 bits per heavy atom. The first-order chi connectivity index (χ1) is 18.7. The zero-order valence-electron chi connectivity index (χ0n) is 22.3. The lowest BCUT2D eigenvalue weighted by molar-refractivity contribution is -0.887. The molecule has 0 radical (unpaired) electrons. The molecule has 2 atom stereocenters. The molecule has 9 nitrogen and oxygen atoms in total. The van der Waals surface area contributed by atoms with Gasteiger partial charge in [-0.25, -0.2) is 19.1 Å². The first kappa shape index (κ1) is 26.9. The van der Waals surface area contributed by atoms with Crippen molar-refractivity contribution in [3.05, 3.63) is 75.9 Å². The van der Waals surface area contributed by atoms with Gasteiger partial charge in [-0.3, -0.25) is 0 Å². The van der Waals surface area contributed by atoms with E-state index in [0.29, 0.717) is 16.6 Å². The van der Waals surface area contributed by atoms with Crippen molar-refractivity contribution in [1.82, 2.24) is 9.97 Å². The Morgan fingerprint density at radius 3 is 2.51 bits per heavy atom. The van der Waals surface area contributed by atoms with Gasteiger partial charge in [0.1, 0.15) is 17.6 Å². The minimum Gasteiger partial charge on any atom is -0.467 e. The SMILES string of the molecule is COc1nc(C)cc(N2CCC([N+](C)(C(=O)c3ccccc3Cl)[C@@H]3CCc4ccc(OC(=O)O)cc43)CC2)n1. The zero-order chi connectivity index (χ0) is 27.7. The van der Waals surface area contributed by atoms with Crippen LogP contribution in [-0.2, 0) is 6.42 Å². The van der Waals surface area contributed by atoms with Crippen LogP contribution in [0.3, 0.4) is 0 Å². The highest BCUT2D eigenvalue weighted by molar-refractivity contribution is 6.33. The van der Waals surface area contributed by atoms with Gasteiger partial charge in [0.25, 0.3) is 0 Å². The molecule has 3 aromatic rings. The van der Waals surface area contributed by atoms with Gasteiger partial charge in [0.2, 0.25) is 0 Å². The number of fused-ring (bicyclic) bond motifs is 1. The normalized spacial score (nSPS) is 18.8. The van der Waals surface area contributed by atoms with Crippen LogP contribution in [0.4, 0.5) is 10.6 Å². The third-order valence-corrected chi connectivity index (χ3v) is 8.44. The van der Waals surface area contributed by atoms with E-state index in [1.807, 2.05) is 38.2 Å². The number of quaternary nitrogens is 1. The number of hydrogen-bond donors (Lipinski definition) is 1. The minimum absolute atomic E-state index is 0.00912. The molecule has 0 spiro atoms. The van der Waals surface area contributed by atoms with Gasteiger partial charge in [0.05, 0.1) is 30.8 Å². The second-order valence-corrected chi connectivity index (χ2v) is 10.7. The van der Waals surface area contributed by atoms with Crippen LogP contribution in [0.25, 0.3) is 0 Å². The van der Waals surface area contributed by atoms with Crippen LogP contribution in [0.1, 0.15) is 52.5 Å². The van der Waals surface area contributed by atoms with Crippen LogP contribution >= 0.6 is 11.6 Å². The third-order valence-electron chi connectivity index (χ3n) is 8.11. The van der Waals surface area contributed by atoms with Crippen LogP contribution in [0.5, 0.6) is 11.8 Å². The smallest absolute Gasteiger partial charge is 0.467 e. The van der Waals surface area contributed by atoms with E-state index in [1.165, 1.54) is 0 Å². The van der Waals surface area contributed by atoms with E-state index in [0.717, 1.165) is 61.4 Å². The maximum absolute atomic E-state index is 14.4. The summed E-state index contributed by atoms with van der Waals surface area (Å²) in [4.78, 5) is 36.7. The van der Waals surface area contributed by atoms with Gasteiger partial charge in [-0.1, -0.05) is 29.8 Å². The van der Waals surface area contributed by atoms with Crippen molar-refractivity contribution in [2.24, 2.45) is 0 Å². The van der Waals surface area contributed by atoms with Crippen molar-refractivity contribution in [2.45, 2.75) is 44.7 Å². The summed E-state index contributed by atoms with van der Waals surface area (Å²) in [6, 6.07) is 14.7. The number of methoxy groups -OCH3 is 1. The fourth-order valence-corrected chi connectivity index (χ4v) is 6.36. The number of nitrogens with zero attached hydrogens (tertiary/aromatic N) is 4. The molecule has 0 saturated carbocycles. The summed E-state index contributed by atoms with van der Waals surface area (Å²) in [6.07, 6.45) is 1.72. The average molecular weight is 552 g/mol. The van der Waals surface area contributed by atoms with E-state index in [2.05, 4.69) is 14.9 Å². The van der Waals surface area contributed by atoms with E-state index in [4.69, 9.17) is 26.2 Å². The maximum Gasteiger partial charge on any atom is 0.511 e. The summed E-state index contributed by atoms with van der Waals surface area (Å²) in [5.74, 6) is 1.03. The highest BCUT2D eigenvalue weighted by atomic mass is 35.5. The summed E-state index contributed by atoms with van der Waals surface area (Å²) in [5.41, 5.74) is 3.38. The van der Waals surface area contributed by atoms with Crippen molar-refractivity contribution >= 4 is 29.5 Å². The van der Waals surface area contributed by atoms with Gasteiger partial charge in [0, 0.05) is 49.7 Å². The lowest BCUT2D eigenvalue weighted by atomic mass is 9.93. The molecule has 2 aromatic carbocycles. The molecule has 1 unspecified atom stereocenters. The number of benzene rings is 2. The van der Waals surface area contributed by atoms with Gasteiger partial charge in [-0.05, 0) is 43.2 Å². The Hall–Kier alpha value is -3.69. The van der Waals surface area contributed by atoms with Crippen LogP contribution in [0.2, 0.25) is 5.02 Å². The van der Waals surface area contributed by atoms with Gasteiger partial charge >= 0.3 is 18.1 Å². The summed E-state index contributed by atoms with van der Waals surface area (Å²) in [6.45, 7) is 3.35. The largest absolute Gasteiger partial charge is 0.511 e. The van der Waals surface area contributed by atoms with Crippen LogP contribution in [0, 0.1) is 6.92 Å². The number of rotatable bonds is 6. The van der Waals surface area contributed by atoms with Crippen molar-refractivity contribution in [3.63, 3.8) is 0 Å². The fourth-order valence-electron chi connectivity index (χ4n) is 6.15. The fraction of sp³-hybridized carbons (Fsp3) is 0.379. The Bertz CT molecular complexity index is 1410. The Labute approximate surface area is 232 Å². The number of carbonyl (C=O) groups excluding carboxylic acids is 1. The average Bonchev–Trinajstić information content (AvgIpc) is 3.35. The molecule has 1 saturated heterocycles. The monoisotopic (exact) mass is 551 g/mol. The Kier molecular flexibility index (Phi) is 7.46. The highest BCUT2D eigenvalue weighted by Gasteiger charge is 2.51. The lowest BCUT2D eigenvalue weighted by Gasteiger charge is -2.47. The molecule has 1 aliphatic carbocycles. The zero-order valence-corrected chi connectivity index (χ0v) is 23.0. The Morgan fingerprint density at radius 2 is 1.82 bits per heavy atom. The second kappa shape index (κ2) is 10.8. The van der Waals surface area contributed by atoms with E-state index >= 15 is 0 Å². The summed E-state index contributed by atoms with van der Waals surface area (Å²) in [5, 5.41) is 9.59. The number of aromatic nitrogens is 2. The van der Waals surface area contributed by atoms with E-state index in [9.17, 15) is 9.59 Å². The number of piperidine rings is 1. The molecule has 1 aromatic heterocycles. The van der Waals surface area contributed by atoms with Crippen molar-refractivity contribution in [3.8, 4) is 11.8 Å². The number of ether oxygens (including phenoxy) is 2. The van der Waals surface area contributed by atoms with Gasteiger partial charge in [-0.15, -0.1) is 0 Å². The number of halogens is 1. The number of amides is 1. The number of hydrogen-bond acceptors (Lipinski definition) is 7. The molecule has 2 heterocycles. The second-order valence-electron chi connectivity index (χ2n) is 10.3. The number of anilines is 1. The maximum atomic E-state index is 14.4. The van der Waals surface area contributed by atoms with Crippen LogP contribution < -0.4 is 14.4 Å². The number of aryl methyl sites for hydroxylation is 2. The Balaban J connectivity index is 1.50. The molecule has 204 valence electrons. The van der Waals surface area contributed by atoms with Crippen LogP contribution in [-0.4, -0.2) is 64.9 Å². The predicted octanol–water partition coefficient (Wildman–Crippen LogP) is 5.45. The van der Waals surface area contributed by atoms with E-state index in [-0.39, 0.29) is 28.2 Å². The molecule has 1 fully saturated rings. The predicted molar refractivity (Wildman–Crippen MR) is 147 cm³/mol. The quantitative estimate of drug-likeness (QED) is 0.245. The molecule has 10 heteroatoms. The lowest BCUT2D eigenvalue weighted by Crippen LogP contribution is -2.60. The molecule has 5 rings (SSSR count). The molecule has 1 aliphatic heterocycles. The summed E-state index contributed by atoms with van der Waals surface area (Å²) in [7, 11) is 3.56. The molecule has 2 aliphatic rings. The van der Waals surface area contributed by atoms with E-state index in [1.54, 1.807) is 31.4 Å². The number of carbonyl (C=O) groups is 2. The first-order valence-corrected chi connectivity index (χ1v) is 13.4. The summed E-state index contributed by atoms with van der Waals surface area (Å²) >= 11 is 6.55. The molecule has 39 heavy (non-hydrogen) atoms. The molecular weight excluding hydrogens is 520 g/mol. The molecule has 1 N–H and O–H groups in total. The van der Waals surface area contributed by atoms with Gasteiger partial charge in [-0.2, -0.15) is 4.98 Å².